The fraction of sp³-hybridized carbons (Fsp3) is 0.448. The minimum absolute atomic E-state index is 0.365. The van der Waals surface area contributed by atoms with E-state index in [1.54, 1.807) is 26.6 Å². The van der Waals surface area contributed by atoms with E-state index in [9.17, 15) is 4.57 Å². The third-order valence-electron chi connectivity index (χ3n) is 7.80. The van der Waals surface area contributed by atoms with Gasteiger partial charge in [-0.15, -0.1) is 0 Å². The van der Waals surface area contributed by atoms with E-state index in [0.717, 1.165) is 48.6 Å². The van der Waals surface area contributed by atoms with Gasteiger partial charge >= 0.3 is 0 Å². The van der Waals surface area contributed by atoms with E-state index in [1.165, 1.54) is 25.9 Å². The van der Waals surface area contributed by atoms with Gasteiger partial charge < -0.3 is 29.7 Å². The summed E-state index contributed by atoms with van der Waals surface area (Å²) in [4.78, 5) is 16.5. The summed E-state index contributed by atoms with van der Waals surface area (Å²) in [7, 11) is 1.37. The van der Waals surface area contributed by atoms with Gasteiger partial charge in [-0.2, -0.15) is 4.98 Å². The maximum absolute atomic E-state index is 12.8. The Hall–Kier alpha value is -2.84. The summed E-state index contributed by atoms with van der Waals surface area (Å²) in [6, 6.07) is 14.4. The van der Waals surface area contributed by atoms with Crippen LogP contribution in [-0.4, -0.2) is 92.6 Å². The van der Waals surface area contributed by atoms with E-state index in [1.807, 2.05) is 30.3 Å². The second kappa shape index (κ2) is 12.4. The van der Waals surface area contributed by atoms with Crippen molar-refractivity contribution in [1.82, 2.24) is 19.8 Å². The molecule has 0 aliphatic carbocycles. The van der Waals surface area contributed by atoms with Crippen molar-refractivity contribution in [2.75, 3.05) is 82.3 Å². The first-order chi connectivity index (χ1) is 19.2. The normalized spacial score (nSPS) is 17.6. The summed E-state index contributed by atoms with van der Waals surface area (Å²) in [5.41, 5.74) is 2.62. The minimum atomic E-state index is -2.50. The smallest absolute Gasteiger partial charge is 0.229 e. The van der Waals surface area contributed by atoms with Crippen molar-refractivity contribution in [1.29, 1.82) is 0 Å². The molecule has 2 aromatic carbocycles. The molecule has 0 radical (unpaired) electrons. The molecule has 0 spiro atoms. The number of piperidine rings is 1. The predicted octanol–water partition coefficient (Wildman–Crippen LogP) is 5.09. The van der Waals surface area contributed by atoms with Crippen molar-refractivity contribution in [3.63, 3.8) is 0 Å². The van der Waals surface area contributed by atoms with E-state index in [2.05, 4.69) is 54.5 Å². The van der Waals surface area contributed by atoms with Crippen molar-refractivity contribution in [3.8, 4) is 5.75 Å². The van der Waals surface area contributed by atoms with Crippen molar-refractivity contribution < 1.29 is 9.30 Å². The second-order valence-electron chi connectivity index (χ2n) is 11.0. The number of nitrogens with zero attached hydrogens (tertiary/aromatic N) is 5. The van der Waals surface area contributed by atoms with Crippen LogP contribution < -0.4 is 25.6 Å². The summed E-state index contributed by atoms with van der Waals surface area (Å²) in [6.07, 6.45) is 3.90. The van der Waals surface area contributed by atoms with Gasteiger partial charge in [-0.3, -0.25) is 4.90 Å². The van der Waals surface area contributed by atoms with Crippen LogP contribution in [0.2, 0.25) is 5.02 Å². The Labute approximate surface area is 242 Å². The topological polar surface area (TPSA) is 85.9 Å². The highest BCUT2D eigenvalue weighted by molar-refractivity contribution is 7.70. The summed E-state index contributed by atoms with van der Waals surface area (Å²) < 4.78 is 18.5. The molecule has 2 saturated heterocycles. The van der Waals surface area contributed by atoms with Crippen LogP contribution in [0.5, 0.6) is 5.75 Å². The highest BCUT2D eigenvalue weighted by Crippen LogP contribution is 2.39. The molecule has 11 heteroatoms. The summed E-state index contributed by atoms with van der Waals surface area (Å²) >= 11 is 6.43. The molecule has 214 valence electrons. The number of nitrogens with one attached hydrogen (secondary N) is 2. The quantitative estimate of drug-likeness (QED) is 0.349. The van der Waals surface area contributed by atoms with Crippen LogP contribution in [0.4, 0.5) is 28.8 Å². The van der Waals surface area contributed by atoms with Crippen LogP contribution in [0, 0.1) is 0 Å². The van der Waals surface area contributed by atoms with Gasteiger partial charge in [0.05, 0.1) is 24.7 Å². The summed E-state index contributed by atoms with van der Waals surface area (Å²) in [6.45, 7) is 10.2. The van der Waals surface area contributed by atoms with Gasteiger partial charge in [-0.1, -0.05) is 23.7 Å². The number of methoxy groups -OCH3 is 1. The number of rotatable bonds is 8. The van der Waals surface area contributed by atoms with Gasteiger partial charge in [-0.05, 0) is 57.5 Å². The van der Waals surface area contributed by atoms with Gasteiger partial charge in [-0.25, -0.2) is 4.98 Å². The maximum Gasteiger partial charge on any atom is 0.229 e. The minimum Gasteiger partial charge on any atom is -0.494 e. The molecule has 0 bridgehead atoms. The van der Waals surface area contributed by atoms with E-state index in [0.29, 0.717) is 28.5 Å². The number of aromatic nitrogens is 2. The first-order valence-corrected chi connectivity index (χ1v) is 16.8. The maximum atomic E-state index is 12.8. The average molecular weight is 590 g/mol. The monoisotopic (exact) mass is 589 g/mol. The van der Waals surface area contributed by atoms with Crippen LogP contribution in [0.3, 0.4) is 0 Å². The molecule has 2 N–H and O–H groups in total. The lowest BCUT2D eigenvalue weighted by atomic mass is 10.0. The molecule has 0 saturated carbocycles. The van der Waals surface area contributed by atoms with E-state index >= 15 is 0 Å². The lowest BCUT2D eigenvalue weighted by Gasteiger charge is -2.42. The first-order valence-electron chi connectivity index (χ1n) is 13.8. The number of hydrogen-bond acceptors (Lipinski definition) is 9. The first kappa shape index (κ1) is 28.7. The molecule has 1 aromatic heterocycles. The van der Waals surface area contributed by atoms with E-state index in [-0.39, 0.29) is 0 Å². The van der Waals surface area contributed by atoms with Gasteiger partial charge in [0.1, 0.15) is 17.9 Å². The fourth-order valence-electron chi connectivity index (χ4n) is 5.47. The molecule has 3 heterocycles. The zero-order chi connectivity index (χ0) is 28.3. The van der Waals surface area contributed by atoms with Gasteiger partial charge in [0, 0.05) is 62.4 Å². The number of para-hydroxylation sites is 1. The highest BCUT2D eigenvalue weighted by atomic mass is 35.5. The summed E-state index contributed by atoms with van der Waals surface area (Å²) in [5.74, 6) is 1.52. The van der Waals surface area contributed by atoms with Crippen LogP contribution in [0.15, 0.2) is 48.7 Å². The van der Waals surface area contributed by atoms with Gasteiger partial charge in [0.2, 0.25) is 5.95 Å². The third-order valence-corrected chi connectivity index (χ3v) is 9.62. The van der Waals surface area contributed by atoms with Crippen molar-refractivity contribution in [2.24, 2.45) is 0 Å². The molecule has 40 heavy (non-hydrogen) atoms. The number of ether oxygens (including phenoxy) is 1. The fourth-order valence-corrected chi connectivity index (χ4v) is 6.76. The molecular weight excluding hydrogens is 551 g/mol. The second-order valence-corrected chi connectivity index (χ2v) is 14.5. The Morgan fingerprint density at radius 1 is 0.975 bits per heavy atom. The zero-order valence-electron chi connectivity index (χ0n) is 23.7. The third kappa shape index (κ3) is 6.72. The molecule has 5 rings (SSSR count). The molecule has 0 atom stereocenters. The average Bonchev–Trinajstić information content (AvgIpc) is 2.95. The van der Waals surface area contributed by atoms with Crippen molar-refractivity contribution in [2.45, 2.75) is 18.9 Å². The SMILES string of the molecule is COc1cc(N2CCC(N3CCN(C)CC3)CC2)ccc1Nc1ncc(Cl)c(N[13c]2[13cH][13cH][13cH][13cH][13c]2P(C)(C)=O)n1. The van der Waals surface area contributed by atoms with E-state index in [4.69, 9.17) is 16.3 Å². The van der Waals surface area contributed by atoms with Crippen molar-refractivity contribution in [3.05, 3.63) is 53.7 Å². The zero-order valence-corrected chi connectivity index (χ0v) is 25.4. The Bertz CT molecular complexity index is 1370. The van der Waals surface area contributed by atoms with Crippen LogP contribution in [-0.2, 0) is 4.57 Å². The van der Waals surface area contributed by atoms with Crippen LogP contribution in [0.1, 0.15) is 12.8 Å². The number of halogens is 1. The predicted molar refractivity (Wildman–Crippen MR) is 166 cm³/mol. The number of piperazine rings is 1. The molecule has 2 fully saturated rings. The molecule has 3 aromatic rings. The Balaban J connectivity index is 1.27. The molecular formula is C29H39ClN7O2P. The standard InChI is InChI=1S/C29H39ClN7O2P/c1-35-15-17-37(18-16-35)21-11-13-36(14-12-21)22-9-10-24(26(19-22)39-2)33-29-31-20-23(30)28(34-29)32-25-7-5-6-8-27(25)40(3,4)38/h5-10,19-21H,11-18H2,1-4H3,(H2,31,32,33,34)/i5+1,6+1,7+1,8+1,25+1,27+1. The number of benzene rings is 2. The largest absolute Gasteiger partial charge is 0.494 e. The molecule has 9 nitrogen and oxygen atoms in total. The molecule has 0 unspecified atom stereocenters. The van der Waals surface area contributed by atoms with Crippen LogP contribution >= 0.6 is 18.7 Å². The number of hydrogen-bond donors (Lipinski definition) is 2. The van der Waals surface area contributed by atoms with Crippen LogP contribution in [0.25, 0.3) is 0 Å². The van der Waals surface area contributed by atoms with Gasteiger partial charge in [0.15, 0.2) is 5.82 Å². The van der Waals surface area contributed by atoms with E-state index < -0.39 is 7.14 Å². The van der Waals surface area contributed by atoms with Crippen molar-refractivity contribution >= 4 is 52.9 Å². The summed E-state index contributed by atoms with van der Waals surface area (Å²) in [5, 5.41) is 7.63. The lowest BCUT2D eigenvalue weighted by Crippen LogP contribution is -2.52. The lowest BCUT2D eigenvalue weighted by molar-refractivity contribution is 0.0982. The molecule has 2 aliphatic heterocycles. The number of likely N-dealkylation sites (N-methyl/N-ethyl adjacent to an activating group) is 1. The molecule has 0 amide bonds. The Morgan fingerprint density at radius 2 is 1.70 bits per heavy atom. The highest BCUT2D eigenvalue weighted by Gasteiger charge is 2.27. The molecule has 2 aliphatic rings. The van der Waals surface area contributed by atoms with Gasteiger partial charge in [0.25, 0.3) is 0 Å². The Kier molecular flexibility index (Phi) is 8.86. The Morgan fingerprint density at radius 3 is 2.40 bits per heavy atom. The number of anilines is 5.